The molecule has 0 N–H and O–H groups in total. The number of hydrazone groups is 1. The van der Waals surface area contributed by atoms with Crippen molar-refractivity contribution in [2.45, 2.75) is 26.4 Å². The van der Waals surface area contributed by atoms with E-state index in [2.05, 4.69) is 48.1 Å². The van der Waals surface area contributed by atoms with Crippen LogP contribution in [0.5, 0.6) is 11.5 Å². The van der Waals surface area contributed by atoms with E-state index in [-0.39, 0.29) is 35.5 Å². The zero-order chi connectivity index (χ0) is 26.2. The maximum Gasteiger partial charge on any atom is 0.254 e. The number of imide groups is 1. The van der Waals surface area contributed by atoms with Crippen LogP contribution < -0.4 is 9.47 Å². The molecule has 3 aromatic rings. The third kappa shape index (κ3) is 4.10. The highest BCUT2D eigenvalue weighted by molar-refractivity contribution is 6.06. The first-order chi connectivity index (χ1) is 18.6. The van der Waals surface area contributed by atoms with Crippen LogP contribution in [0.3, 0.4) is 0 Å². The van der Waals surface area contributed by atoms with E-state index in [0.29, 0.717) is 31.1 Å². The fraction of sp³-hybridized carbons (Fsp3) is 0.281. The van der Waals surface area contributed by atoms with Crippen molar-refractivity contribution in [1.82, 2.24) is 5.01 Å². The number of hydrogen-bond donors (Lipinski definition) is 0. The van der Waals surface area contributed by atoms with Gasteiger partial charge in [-0.2, -0.15) is 10.1 Å². The molecule has 1 heterocycles. The van der Waals surface area contributed by atoms with Gasteiger partial charge in [-0.05, 0) is 65.6 Å². The number of ether oxygens (including phenoxy) is 2. The monoisotopic (exact) mass is 506 g/mol. The summed E-state index contributed by atoms with van der Waals surface area (Å²) in [6.07, 6.45) is 9.00. The van der Waals surface area contributed by atoms with Gasteiger partial charge in [-0.1, -0.05) is 60.7 Å². The lowest BCUT2D eigenvalue weighted by Crippen LogP contribution is -2.28. The maximum atomic E-state index is 13.0. The van der Waals surface area contributed by atoms with E-state index >= 15 is 0 Å². The Morgan fingerprint density at radius 2 is 1.71 bits per heavy atom. The highest BCUT2D eigenvalue weighted by Crippen LogP contribution is 2.52. The first-order valence-corrected chi connectivity index (χ1v) is 13.2. The summed E-state index contributed by atoms with van der Waals surface area (Å²) in [5.74, 6) is 0.629. The van der Waals surface area contributed by atoms with Crippen molar-refractivity contribution in [2.24, 2.45) is 28.8 Å². The molecule has 2 aliphatic carbocycles. The summed E-state index contributed by atoms with van der Waals surface area (Å²) in [6.45, 7) is 6.67. The van der Waals surface area contributed by atoms with Crippen molar-refractivity contribution < 1.29 is 19.1 Å². The Morgan fingerprint density at radius 3 is 2.45 bits per heavy atom. The van der Waals surface area contributed by atoms with Gasteiger partial charge in [0.05, 0.1) is 24.7 Å². The summed E-state index contributed by atoms with van der Waals surface area (Å²) in [5, 5.41) is 7.73. The van der Waals surface area contributed by atoms with Gasteiger partial charge in [-0.15, -0.1) is 6.58 Å². The Hall–Kier alpha value is -4.19. The number of allylic oxidation sites excluding steroid dienone is 3. The number of rotatable bonds is 9. The maximum absolute atomic E-state index is 13.0. The van der Waals surface area contributed by atoms with Gasteiger partial charge < -0.3 is 9.47 Å². The Balaban J connectivity index is 1.28. The molecule has 6 nitrogen and oxygen atoms in total. The molecule has 6 rings (SSSR count). The predicted molar refractivity (Wildman–Crippen MR) is 147 cm³/mol. The summed E-state index contributed by atoms with van der Waals surface area (Å²) >= 11 is 0. The lowest BCUT2D eigenvalue weighted by atomic mass is 9.85. The van der Waals surface area contributed by atoms with Crippen molar-refractivity contribution in [2.75, 3.05) is 6.61 Å². The second kappa shape index (κ2) is 9.93. The fourth-order valence-corrected chi connectivity index (χ4v) is 6.18. The minimum atomic E-state index is -0.269. The van der Waals surface area contributed by atoms with Crippen LogP contribution in [0.15, 0.2) is 84.5 Å². The third-order valence-corrected chi connectivity index (χ3v) is 7.84. The second-order valence-corrected chi connectivity index (χ2v) is 10.1. The third-order valence-electron chi connectivity index (χ3n) is 7.84. The number of amides is 2. The lowest BCUT2D eigenvalue weighted by molar-refractivity contribution is -0.140. The summed E-state index contributed by atoms with van der Waals surface area (Å²) in [4.78, 5) is 26.0. The Bertz CT molecular complexity index is 1450. The van der Waals surface area contributed by atoms with E-state index in [1.807, 2.05) is 43.3 Å². The zero-order valence-electron chi connectivity index (χ0n) is 21.4. The number of hydrogen-bond acceptors (Lipinski definition) is 5. The van der Waals surface area contributed by atoms with Crippen LogP contribution in [0.4, 0.5) is 0 Å². The molecule has 1 saturated carbocycles. The SMILES string of the molecule is C=CCc1cc(C=NN2C(=O)[C@@H]3[C@H](C2=O)[C@H]2C=C[C@H]3C2)cc(OCC)c1OCc1cccc2ccccc12. The number of carbonyl (C=O) groups is 2. The zero-order valence-corrected chi connectivity index (χ0v) is 21.4. The molecule has 6 heteroatoms. The molecule has 2 bridgehead atoms. The average molecular weight is 507 g/mol. The minimum Gasteiger partial charge on any atom is -0.490 e. The lowest BCUT2D eigenvalue weighted by Gasteiger charge is -2.17. The van der Waals surface area contributed by atoms with E-state index in [1.54, 1.807) is 6.21 Å². The topological polar surface area (TPSA) is 68.2 Å². The van der Waals surface area contributed by atoms with Crippen LogP contribution in [-0.2, 0) is 22.6 Å². The van der Waals surface area contributed by atoms with Gasteiger partial charge in [0.25, 0.3) is 11.8 Å². The summed E-state index contributed by atoms with van der Waals surface area (Å²) in [5.41, 5.74) is 2.70. The molecule has 4 atom stereocenters. The van der Waals surface area contributed by atoms with Crippen molar-refractivity contribution in [1.29, 1.82) is 0 Å². The van der Waals surface area contributed by atoms with Crippen LogP contribution >= 0.6 is 0 Å². The van der Waals surface area contributed by atoms with Gasteiger partial charge in [0.2, 0.25) is 0 Å². The predicted octanol–water partition coefficient (Wildman–Crippen LogP) is 5.69. The molecule has 3 aliphatic rings. The standard InChI is InChI=1S/C32H30N2O4/c1-3-8-24-15-20(18-33-34-31(35)28-22-13-14-23(17-22)29(28)32(34)36)16-27(37-4-2)30(24)38-19-25-11-7-10-21-9-5-6-12-26(21)25/h3,5-7,9-16,18,22-23,28-29H,1,4,8,17,19H2,2H3/t22-,23-,28-,29+/m0/s1. The summed E-state index contributed by atoms with van der Waals surface area (Å²) in [7, 11) is 0. The quantitative estimate of drug-likeness (QED) is 0.213. The smallest absolute Gasteiger partial charge is 0.254 e. The number of fused-ring (bicyclic) bond motifs is 6. The number of nitrogens with zero attached hydrogens (tertiary/aromatic N) is 2. The molecular weight excluding hydrogens is 476 g/mol. The van der Waals surface area contributed by atoms with Gasteiger partial charge in [0, 0.05) is 5.56 Å². The van der Waals surface area contributed by atoms with Crippen molar-refractivity contribution in [3.05, 3.63) is 96.1 Å². The highest BCUT2D eigenvalue weighted by atomic mass is 16.5. The number of benzene rings is 3. The van der Waals surface area contributed by atoms with E-state index in [9.17, 15) is 9.59 Å². The van der Waals surface area contributed by atoms with Crippen LogP contribution in [-0.4, -0.2) is 29.6 Å². The van der Waals surface area contributed by atoms with Gasteiger partial charge in [-0.3, -0.25) is 9.59 Å². The first kappa shape index (κ1) is 24.2. The fourth-order valence-electron chi connectivity index (χ4n) is 6.18. The van der Waals surface area contributed by atoms with Crippen LogP contribution in [0.25, 0.3) is 10.8 Å². The molecule has 2 fully saturated rings. The summed E-state index contributed by atoms with van der Waals surface area (Å²) in [6, 6.07) is 18.2. The van der Waals surface area contributed by atoms with Gasteiger partial charge in [0.15, 0.2) is 11.5 Å². The van der Waals surface area contributed by atoms with E-state index in [0.717, 1.165) is 38.9 Å². The Kier molecular flexibility index (Phi) is 6.32. The van der Waals surface area contributed by atoms with Gasteiger partial charge in [-0.25, -0.2) is 0 Å². The first-order valence-electron chi connectivity index (χ1n) is 13.2. The molecule has 0 unspecified atom stereocenters. The van der Waals surface area contributed by atoms with Crippen molar-refractivity contribution in [3.63, 3.8) is 0 Å². The molecule has 0 radical (unpaired) electrons. The van der Waals surface area contributed by atoms with E-state index in [1.165, 1.54) is 0 Å². The molecule has 0 spiro atoms. The molecule has 1 saturated heterocycles. The van der Waals surface area contributed by atoms with E-state index < -0.39 is 0 Å². The molecule has 192 valence electrons. The second-order valence-electron chi connectivity index (χ2n) is 10.1. The van der Waals surface area contributed by atoms with Gasteiger partial charge in [0.1, 0.15) is 6.61 Å². The van der Waals surface area contributed by atoms with Crippen molar-refractivity contribution in [3.8, 4) is 11.5 Å². The highest BCUT2D eigenvalue weighted by Gasteiger charge is 2.59. The largest absolute Gasteiger partial charge is 0.490 e. The Morgan fingerprint density at radius 1 is 0.974 bits per heavy atom. The molecular formula is C32H30N2O4. The van der Waals surface area contributed by atoms with Gasteiger partial charge >= 0.3 is 0 Å². The Labute approximate surface area is 222 Å². The summed E-state index contributed by atoms with van der Waals surface area (Å²) < 4.78 is 12.3. The van der Waals surface area contributed by atoms with Crippen LogP contribution in [0.2, 0.25) is 0 Å². The molecule has 0 aromatic heterocycles. The molecule has 3 aromatic carbocycles. The van der Waals surface area contributed by atoms with Crippen LogP contribution in [0.1, 0.15) is 30.0 Å². The molecule has 38 heavy (non-hydrogen) atoms. The van der Waals surface area contributed by atoms with Crippen molar-refractivity contribution >= 4 is 28.8 Å². The minimum absolute atomic E-state index is 0.156. The van der Waals surface area contributed by atoms with E-state index in [4.69, 9.17) is 9.47 Å². The molecule has 1 aliphatic heterocycles. The normalized spacial score (nSPS) is 23.6. The average Bonchev–Trinajstić information content (AvgIpc) is 3.61. The van der Waals surface area contributed by atoms with Crippen LogP contribution in [0, 0.1) is 23.7 Å². The number of carbonyl (C=O) groups excluding carboxylic acids is 2. The molecule has 2 amide bonds.